The maximum absolute atomic E-state index is 12.3. The smallest absolute Gasteiger partial charge is 0.136 e. The summed E-state index contributed by atoms with van der Waals surface area (Å²) in [4.78, 5) is 13.6. The van der Waals surface area contributed by atoms with Crippen LogP contribution in [0.1, 0.15) is 65.4 Å². The lowest BCUT2D eigenvalue weighted by Crippen LogP contribution is -2.39. The number of aliphatic hydroxyl groups is 1. The van der Waals surface area contributed by atoms with Crippen LogP contribution in [0.15, 0.2) is 29.2 Å². The number of hydrogen-bond acceptors (Lipinski definition) is 3. The summed E-state index contributed by atoms with van der Waals surface area (Å²) < 4.78 is 0. The maximum Gasteiger partial charge on any atom is 0.136 e. The minimum atomic E-state index is -0.795. The monoisotopic (exact) mass is 360 g/mol. The summed E-state index contributed by atoms with van der Waals surface area (Å²) in [6, 6.07) is 8.27. The van der Waals surface area contributed by atoms with E-state index in [0.29, 0.717) is 23.5 Å². The Bertz CT molecular complexity index is 633. The second-order valence-electron chi connectivity index (χ2n) is 8.94. The van der Waals surface area contributed by atoms with Gasteiger partial charge in [-0.15, -0.1) is 11.8 Å². The summed E-state index contributed by atoms with van der Waals surface area (Å²) in [6.45, 7) is 8.41. The van der Waals surface area contributed by atoms with Crippen LogP contribution >= 0.6 is 11.8 Å². The van der Waals surface area contributed by atoms with E-state index >= 15 is 0 Å². The Kier molecular flexibility index (Phi) is 5.37. The van der Waals surface area contributed by atoms with E-state index in [1.54, 1.807) is 0 Å². The van der Waals surface area contributed by atoms with Gasteiger partial charge in [0.15, 0.2) is 0 Å². The summed E-state index contributed by atoms with van der Waals surface area (Å²) in [7, 11) is 0. The summed E-state index contributed by atoms with van der Waals surface area (Å²) in [6.07, 6.45) is 5.41. The Hall–Kier alpha value is -0.800. The second-order valence-corrected chi connectivity index (χ2v) is 10.0. The molecular weight excluding hydrogens is 328 g/mol. The van der Waals surface area contributed by atoms with Crippen molar-refractivity contribution >= 4 is 17.5 Å². The molecule has 2 nitrogen and oxygen atoms in total. The summed E-state index contributed by atoms with van der Waals surface area (Å²) in [5, 5.41) is 10.2. The SMILES string of the molecule is C[C@@H](CSc1cccc(C(C)(C)O)c1)[C@H]1CC[C@H]2C(=O)CCC[C@]12C. The van der Waals surface area contributed by atoms with Gasteiger partial charge in [-0.05, 0) is 74.5 Å². The minimum absolute atomic E-state index is 0.226. The molecule has 1 aromatic carbocycles. The van der Waals surface area contributed by atoms with Crippen LogP contribution < -0.4 is 0 Å². The topological polar surface area (TPSA) is 37.3 Å². The number of fused-ring (bicyclic) bond motifs is 1. The Morgan fingerprint density at radius 2 is 2.12 bits per heavy atom. The van der Waals surface area contributed by atoms with Crippen molar-refractivity contribution in [3.05, 3.63) is 29.8 Å². The zero-order valence-corrected chi connectivity index (χ0v) is 16.9. The van der Waals surface area contributed by atoms with Crippen LogP contribution in [0.5, 0.6) is 0 Å². The lowest BCUT2D eigenvalue weighted by Gasteiger charge is -2.42. The average molecular weight is 361 g/mol. The van der Waals surface area contributed by atoms with Gasteiger partial charge in [-0.1, -0.05) is 26.0 Å². The molecule has 3 rings (SSSR count). The first-order valence-electron chi connectivity index (χ1n) is 9.70. The molecule has 2 saturated carbocycles. The highest BCUT2D eigenvalue weighted by atomic mass is 32.2. The van der Waals surface area contributed by atoms with Gasteiger partial charge in [-0.25, -0.2) is 0 Å². The number of benzene rings is 1. The van der Waals surface area contributed by atoms with Crippen LogP contribution in [0.3, 0.4) is 0 Å². The normalized spacial score (nSPS) is 31.0. The highest BCUT2D eigenvalue weighted by Crippen LogP contribution is 2.56. The molecule has 0 heterocycles. The molecule has 4 atom stereocenters. The molecule has 0 aliphatic heterocycles. The third-order valence-electron chi connectivity index (χ3n) is 6.68. The molecule has 0 bridgehead atoms. The molecule has 25 heavy (non-hydrogen) atoms. The van der Waals surface area contributed by atoms with Crippen LogP contribution in [-0.4, -0.2) is 16.6 Å². The zero-order valence-electron chi connectivity index (χ0n) is 16.0. The molecule has 0 aromatic heterocycles. The van der Waals surface area contributed by atoms with E-state index < -0.39 is 5.60 Å². The molecule has 0 saturated heterocycles. The van der Waals surface area contributed by atoms with Gasteiger partial charge in [-0.3, -0.25) is 4.79 Å². The lowest BCUT2D eigenvalue weighted by atomic mass is 9.62. The molecule has 2 aliphatic rings. The first-order valence-corrected chi connectivity index (χ1v) is 10.7. The first-order chi connectivity index (χ1) is 11.7. The van der Waals surface area contributed by atoms with Crippen molar-refractivity contribution < 1.29 is 9.90 Å². The van der Waals surface area contributed by atoms with Crippen LogP contribution in [0.25, 0.3) is 0 Å². The predicted molar refractivity (Wildman–Crippen MR) is 105 cm³/mol. The number of rotatable bonds is 5. The summed E-state index contributed by atoms with van der Waals surface area (Å²) >= 11 is 1.89. The number of ketones is 1. The Morgan fingerprint density at radius 1 is 1.36 bits per heavy atom. The van der Waals surface area contributed by atoms with E-state index in [9.17, 15) is 9.90 Å². The highest BCUT2D eigenvalue weighted by Gasteiger charge is 2.52. The highest BCUT2D eigenvalue weighted by molar-refractivity contribution is 7.99. The fraction of sp³-hybridized carbons (Fsp3) is 0.682. The van der Waals surface area contributed by atoms with Crippen LogP contribution in [0.4, 0.5) is 0 Å². The molecule has 3 heteroatoms. The molecule has 1 aromatic rings. The fourth-order valence-corrected chi connectivity index (χ4v) is 6.29. The Morgan fingerprint density at radius 3 is 2.84 bits per heavy atom. The van der Waals surface area contributed by atoms with E-state index in [1.807, 2.05) is 37.7 Å². The van der Waals surface area contributed by atoms with E-state index in [4.69, 9.17) is 0 Å². The largest absolute Gasteiger partial charge is 0.386 e. The number of carbonyl (C=O) groups excluding carboxylic acids is 1. The van der Waals surface area contributed by atoms with E-state index in [2.05, 4.69) is 26.0 Å². The lowest BCUT2D eigenvalue weighted by molar-refractivity contribution is -0.129. The number of carbonyl (C=O) groups is 1. The van der Waals surface area contributed by atoms with Gasteiger partial charge < -0.3 is 5.11 Å². The van der Waals surface area contributed by atoms with Crippen LogP contribution in [-0.2, 0) is 10.4 Å². The minimum Gasteiger partial charge on any atom is -0.386 e. The maximum atomic E-state index is 12.3. The van der Waals surface area contributed by atoms with Crippen LogP contribution in [0, 0.1) is 23.2 Å². The first kappa shape index (κ1) is 19.0. The molecular formula is C22H32O2S. The molecule has 1 N–H and O–H groups in total. The van der Waals surface area contributed by atoms with Gasteiger partial charge >= 0.3 is 0 Å². The average Bonchev–Trinajstić information content (AvgIpc) is 2.91. The molecule has 0 radical (unpaired) electrons. The molecule has 0 unspecified atom stereocenters. The van der Waals surface area contributed by atoms with Crippen molar-refractivity contribution in [2.45, 2.75) is 70.3 Å². The van der Waals surface area contributed by atoms with E-state index in [1.165, 1.54) is 17.7 Å². The van der Waals surface area contributed by atoms with Gasteiger partial charge in [0.2, 0.25) is 0 Å². The Balaban J connectivity index is 1.65. The number of thioether (sulfide) groups is 1. The van der Waals surface area contributed by atoms with Crippen molar-refractivity contribution in [1.29, 1.82) is 0 Å². The van der Waals surface area contributed by atoms with Crippen molar-refractivity contribution in [3.63, 3.8) is 0 Å². The van der Waals surface area contributed by atoms with Crippen molar-refractivity contribution in [2.24, 2.45) is 23.2 Å². The fourth-order valence-electron chi connectivity index (χ4n) is 5.21. The molecule has 0 spiro atoms. The van der Waals surface area contributed by atoms with Crippen molar-refractivity contribution in [1.82, 2.24) is 0 Å². The Labute approximate surface area is 156 Å². The summed E-state index contributed by atoms with van der Waals surface area (Å²) in [5.41, 5.74) is 0.400. The van der Waals surface area contributed by atoms with Crippen molar-refractivity contribution in [2.75, 3.05) is 5.75 Å². The second kappa shape index (κ2) is 7.08. The predicted octanol–water partition coefficient (Wildman–Crippen LogP) is 5.43. The van der Waals surface area contributed by atoms with Crippen molar-refractivity contribution in [3.8, 4) is 0 Å². The molecule has 138 valence electrons. The third kappa shape index (κ3) is 3.83. The quantitative estimate of drug-likeness (QED) is 0.712. The standard InChI is InChI=1S/C22H32O2S/c1-15(14-25-17-8-5-7-16(13-17)21(2,3)24)18-10-11-19-20(23)9-6-12-22(18,19)4/h5,7-8,13,15,18-19,24H,6,9-12,14H2,1-4H3/t15-,18+,19-,22+/m0/s1. The number of Topliss-reactive ketones (excluding diaryl/α,β-unsaturated/α-hetero) is 1. The van der Waals surface area contributed by atoms with E-state index in [0.717, 1.165) is 30.6 Å². The van der Waals surface area contributed by atoms with Crippen LogP contribution in [0.2, 0.25) is 0 Å². The van der Waals surface area contributed by atoms with Gasteiger partial charge in [0.1, 0.15) is 5.78 Å². The van der Waals surface area contributed by atoms with Gasteiger partial charge in [0.05, 0.1) is 5.60 Å². The molecule has 2 aliphatic carbocycles. The van der Waals surface area contributed by atoms with Gasteiger partial charge in [0, 0.05) is 23.0 Å². The number of hydrogen-bond donors (Lipinski definition) is 1. The van der Waals surface area contributed by atoms with E-state index in [-0.39, 0.29) is 5.41 Å². The third-order valence-corrected chi connectivity index (χ3v) is 7.96. The zero-order chi connectivity index (χ0) is 18.2. The van der Waals surface area contributed by atoms with Gasteiger partial charge in [-0.2, -0.15) is 0 Å². The van der Waals surface area contributed by atoms with Gasteiger partial charge in [0.25, 0.3) is 0 Å². The molecule has 2 fully saturated rings. The summed E-state index contributed by atoms with van der Waals surface area (Å²) in [5.74, 6) is 3.19. The molecule has 0 amide bonds.